The Morgan fingerprint density at radius 1 is 0.900 bits per heavy atom. The summed E-state index contributed by atoms with van der Waals surface area (Å²) < 4.78 is 0. The molecule has 1 heterocycles. The van der Waals surface area contributed by atoms with E-state index in [4.69, 9.17) is 11.5 Å². The number of para-hydroxylation sites is 1. The number of benzene rings is 1. The van der Waals surface area contributed by atoms with E-state index in [0.29, 0.717) is 19.4 Å². The molecule has 10 N–H and O–H groups in total. The van der Waals surface area contributed by atoms with E-state index in [1.54, 1.807) is 6.20 Å². The molecule has 4 atom stereocenters. The lowest BCUT2D eigenvalue weighted by atomic mass is 10.0. The monoisotopic (exact) mass is 560 g/mol. The smallest absolute Gasteiger partial charge is 0.326 e. The first-order valence-electron chi connectivity index (χ1n) is 13.3. The number of H-pyrrole nitrogens is 1. The van der Waals surface area contributed by atoms with Gasteiger partial charge in [0.05, 0.1) is 12.5 Å². The van der Waals surface area contributed by atoms with Crippen LogP contribution in [0.15, 0.2) is 30.5 Å². The third-order valence-corrected chi connectivity index (χ3v) is 6.36. The third-order valence-electron chi connectivity index (χ3n) is 6.36. The van der Waals surface area contributed by atoms with Gasteiger partial charge in [0.1, 0.15) is 18.1 Å². The van der Waals surface area contributed by atoms with Crippen molar-refractivity contribution in [2.45, 2.75) is 76.5 Å². The maximum atomic E-state index is 13.1. The summed E-state index contributed by atoms with van der Waals surface area (Å²) in [5.41, 5.74) is 13.3. The maximum absolute atomic E-state index is 13.1. The lowest BCUT2D eigenvalue weighted by Crippen LogP contribution is -2.57. The molecule has 0 aliphatic rings. The molecular formula is C27H40N6O7. The van der Waals surface area contributed by atoms with Gasteiger partial charge in [0.25, 0.3) is 0 Å². The maximum Gasteiger partial charge on any atom is 0.326 e. The highest BCUT2D eigenvalue weighted by atomic mass is 16.4. The fourth-order valence-electron chi connectivity index (χ4n) is 4.29. The number of amides is 3. The van der Waals surface area contributed by atoms with E-state index in [9.17, 15) is 34.2 Å². The molecule has 13 heteroatoms. The Kier molecular flexibility index (Phi) is 12.6. The highest BCUT2D eigenvalue weighted by molar-refractivity contribution is 5.96. The predicted molar refractivity (Wildman–Crippen MR) is 148 cm³/mol. The first-order valence-corrected chi connectivity index (χ1v) is 13.3. The van der Waals surface area contributed by atoms with E-state index in [-0.39, 0.29) is 25.2 Å². The van der Waals surface area contributed by atoms with E-state index in [0.717, 1.165) is 16.5 Å². The van der Waals surface area contributed by atoms with Crippen LogP contribution in [0.1, 0.15) is 51.5 Å². The van der Waals surface area contributed by atoms with Gasteiger partial charge < -0.3 is 42.6 Å². The van der Waals surface area contributed by atoms with Crippen LogP contribution in [-0.4, -0.2) is 75.6 Å². The second-order valence-corrected chi connectivity index (χ2v) is 10.2. The standard InChI is InChI=1S/C27H40N6O7/c1-15(2)11-22(27(39)40)33-25(37)20(9-5-6-10-28)31-26(38)21(13-23(34)35)32-24(36)18(29)12-16-14-30-19-8-4-3-7-17(16)19/h3-4,7-8,14-15,18,20-22,30H,5-6,9-13,28-29H2,1-2H3,(H,31,38)(H,32,36)(H,33,37)(H,34,35)(H,39,40). The van der Waals surface area contributed by atoms with Crippen molar-refractivity contribution in [3.8, 4) is 0 Å². The van der Waals surface area contributed by atoms with Crippen molar-refractivity contribution in [1.82, 2.24) is 20.9 Å². The Hall–Kier alpha value is -3.97. The molecule has 13 nitrogen and oxygen atoms in total. The lowest BCUT2D eigenvalue weighted by Gasteiger charge is -2.25. The zero-order valence-corrected chi connectivity index (χ0v) is 22.8. The summed E-state index contributed by atoms with van der Waals surface area (Å²) >= 11 is 0. The zero-order valence-electron chi connectivity index (χ0n) is 22.8. The third kappa shape index (κ3) is 9.97. The Morgan fingerprint density at radius 2 is 1.52 bits per heavy atom. The summed E-state index contributed by atoms with van der Waals surface area (Å²) in [6.07, 6.45) is 2.42. The van der Waals surface area contributed by atoms with Crippen molar-refractivity contribution in [3.63, 3.8) is 0 Å². The summed E-state index contributed by atoms with van der Waals surface area (Å²) in [6, 6.07) is 2.52. The van der Waals surface area contributed by atoms with Crippen molar-refractivity contribution in [2.75, 3.05) is 6.54 Å². The average molecular weight is 561 g/mol. The van der Waals surface area contributed by atoms with Crippen LogP contribution < -0.4 is 27.4 Å². The topological polar surface area (TPSA) is 230 Å². The molecule has 2 rings (SSSR count). The van der Waals surface area contributed by atoms with Gasteiger partial charge >= 0.3 is 11.9 Å². The van der Waals surface area contributed by atoms with E-state index >= 15 is 0 Å². The summed E-state index contributed by atoms with van der Waals surface area (Å²) in [5.74, 6) is -4.95. The number of hydrogen-bond donors (Lipinski definition) is 8. The van der Waals surface area contributed by atoms with Gasteiger partial charge in [0, 0.05) is 17.1 Å². The Balaban J connectivity index is 2.14. The minimum Gasteiger partial charge on any atom is -0.481 e. The molecule has 1 aromatic carbocycles. The largest absolute Gasteiger partial charge is 0.481 e. The summed E-state index contributed by atoms with van der Waals surface area (Å²) in [4.78, 5) is 65.2. The van der Waals surface area contributed by atoms with Crippen LogP contribution in [0.25, 0.3) is 10.9 Å². The van der Waals surface area contributed by atoms with E-state index in [2.05, 4.69) is 20.9 Å². The molecule has 4 unspecified atom stereocenters. The SMILES string of the molecule is CC(C)CC(NC(=O)C(CCCCN)NC(=O)C(CC(=O)O)NC(=O)C(N)Cc1c[nH]c2ccccc12)C(=O)O. The highest BCUT2D eigenvalue weighted by Crippen LogP contribution is 2.19. The quantitative estimate of drug-likeness (QED) is 0.124. The Morgan fingerprint density at radius 3 is 2.15 bits per heavy atom. The second kappa shape index (κ2) is 15.6. The zero-order chi connectivity index (χ0) is 29.8. The number of unbranched alkanes of at least 4 members (excludes halogenated alkanes) is 1. The minimum atomic E-state index is -1.52. The molecule has 40 heavy (non-hydrogen) atoms. The van der Waals surface area contributed by atoms with E-state index in [1.165, 1.54) is 0 Å². The summed E-state index contributed by atoms with van der Waals surface area (Å²) in [7, 11) is 0. The van der Waals surface area contributed by atoms with Crippen LogP contribution in [-0.2, 0) is 30.4 Å². The van der Waals surface area contributed by atoms with Crippen molar-refractivity contribution in [3.05, 3.63) is 36.0 Å². The molecule has 220 valence electrons. The lowest BCUT2D eigenvalue weighted by molar-refractivity contribution is -0.143. The molecule has 2 aromatic rings. The fraction of sp³-hybridized carbons (Fsp3) is 0.519. The number of rotatable bonds is 17. The highest BCUT2D eigenvalue weighted by Gasteiger charge is 2.31. The van der Waals surface area contributed by atoms with Crippen molar-refractivity contribution in [2.24, 2.45) is 17.4 Å². The van der Waals surface area contributed by atoms with Crippen LogP contribution in [0.5, 0.6) is 0 Å². The average Bonchev–Trinajstić information content (AvgIpc) is 3.29. The molecule has 0 spiro atoms. The van der Waals surface area contributed by atoms with Gasteiger partial charge in [-0.3, -0.25) is 19.2 Å². The molecule has 0 saturated carbocycles. The van der Waals surface area contributed by atoms with Gasteiger partial charge in [-0.05, 0) is 56.2 Å². The van der Waals surface area contributed by atoms with Gasteiger partial charge in [0.15, 0.2) is 0 Å². The second-order valence-electron chi connectivity index (χ2n) is 10.2. The number of aliphatic carboxylic acids is 2. The summed E-state index contributed by atoms with van der Waals surface area (Å²) in [5, 5.41) is 27.1. The Labute approximate surface area is 232 Å². The van der Waals surface area contributed by atoms with Crippen LogP contribution in [0.2, 0.25) is 0 Å². The molecule has 0 radical (unpaired) electrons. The van der Waals surface area contributed by atoms with Crippen molar-refractivity contribution < 1.29 is 34.2 Å². The van der Waals surface area contributed by atoms with Gasteiger partial charge in [-0.15, -0.1) is 0 Å². The molecule has 0 aliphatic carbocycles. The number of carboxylic acids is 2. The predicted octanol–water partition coefficient (Wildman–Crippen LogP) is 0.227. The minimum absolute atomic E-state index is 0.0182. The van der Waals surface area contributed by atoms with Gasteiger partial charge in [-0.2, -0.15) is 0 Å². The van der Waals surface area contributed by atoms with Crippen LogP contribution in [0.3, 0.4) is 0 Å². The number of carbonyl (C=O) groups is 5. The van der Waals surface area contributed by atoms with Crippen molar-refractivity contribution in [1.29, 1.82) is 0 Å². The van der Waals surface area contributed by atoms with Crippen LogP contribution in [0, 0.1) is 5.92 Å². The number of carbonyl (C=O) groups excluding carboxylic acids is 3. The first kappa shape index (κ1) is 32.2. The molecule has 0 aliphatic heterocycles. The van der Waals surface area contributed by atoms with Gasteiger partial charge in [0.2, 0.25) is 17.7 Å². The van der Waals surface area contributed by atoms with E-state index in [1.807, 2.05) is 38.1 Å². The van der Waals surface area contributed by atoms with Crippen LogP contribution in [0.4, 0.5) is 0 Å². The number of fused-ring (bicyclic) bond motifs is 1. The van der Waals surface area contributed by atoms with Crippen molar-refractivity contribution >= 4 is 40.6 Å². The van der Waals surface area contributed by atoms with Crippen LogP contribution >= 0.6 is 0 Å². The molecule has 1 aromatic heterocycles. The van der Waals surface area contributed by atoms with E-state index < -0.39 is 60.2 Å². The molecule has 3 amide bonds. The summed E-state index contributed by atoms with van der Waals surface area (Å²) in [6.45, 7) is 3.97. The Bertz CT molecular complexity index is 1180. The fourth-order valence-corrected chi connectivity index (χ4v) is 4.29. The molecule has 0 bridgehead atoms. The molecule has 0 saturated heterocycles. The number of nitrogens with one attached hydrogen (secondary N) is 4. The first-order chi connectivity index (χ1) is 18.9. The number of aromatic nitrogens is 1. The molecular weight excluding hydrogens is 520 g/mol. The van der Waals surface area contributed by atoms with Gasteiger partial charge in [-0.25, -0.2) is 4.79 Å². The van der Waals surface area contributed by atoms with Gasteiger partial charge in [-0.1, -0.05) is 32.0 Å². The number of nitrogens with two attached hydrogens (primary N) is 2. The molecule has 0 fully saturated rings. The number of hydrogen-bond acceptors (Lipinski definition) is 7. The normalized spacial score (nSPS) is 14.2. The number of aromatic amines is 1. The number of carboxylic acid groups (broad SMARTS) is 2.